The second-order valence-electron chi connectivity index (χ2n) is 6.14. The second kappa shape index (κ2) is 6.44. The Morgan fingerprint density at radius 2 is 2.04 bits per heavy atom. The minimum atomic E-state index is -3.55. The van der Waals surface area contributed by atoms with E-state index in [1.54, 1.807) is 11.3 Å². The summed E-state index contributed by atoms with van der Waals surface area (Å²) in [5.41, 5.74) is 1.10. The molecule has 0 aliphatic carbocycles. The largest absolute Gasteiger partial charge is 0.301 e. The van der Waals surface area contributed by atoms with E-state index in [0.29, 0.717) is 6.67 Å². The summed E-state index contributed by atoms with van der Waals surface area (Å²) >= 11 is 1.77. The van der Waals surface area contributed by atoms with Gasteiger partial charge in [0.1, 0.15) is 0 Å². The Morgan fingerprint density at radius 3 is 2.75 bits per heavy atom. The van der Waals surface area contributed by atoms with Crippen LogP contribution in [0.5, 0.6) is 0 Å². The van der Waals surface area contributed by atoms with Crippen LogP contribution in [-0.2, 0) is 23.1 Å². The molecule has 0 aromatic carbocycles. The molecule has 1 aliphatic heterocycles. The number of thiophene rings is 1. The maximum absolute atomic E-state index is 12.3. The normalized spacial score (nSPS) is 18.8. The van der Waals surface area contributed by atoms with Crippen molar-refractivity contribution in [2.24, 2.45) is 0 Å². The summed E-state index contributed by atoms with van der Waals surface area (Å²) in [6.45, 7) is 3.36. The van der Waals surface area contributed by atoms with Gasteiger partial charge in [-0.2, -0.15) is 0 Å². The fourth-order valence-corrected chi connectivity index (χ4v) is 4.82. The lowest BCUT2D eigenvalue weighted by Gasteiger charge is -2.33. The number of sulfonamides is 1. The van der Waals surface area contributed by atoms with Crippen LogP contribution in [0.15, 0.2) is 39.5 Å². The van der Waals surface area contributed by atoms with Gasteiger partial charge in [0, 0.05) is 43.8 Å². The van der Waals surface area contributed by atoms with Crippen LogP contribution in [0.4, 0.5) is 0 Å². The van der Waals surface area contributed by atoms with Crippen molar-refractivity contribution in [2.75, 3.05) is 20.6 Å². The van der Waals surface area contributed by atoms with E-state index >= 15 is 0 Å². The third-order valence-electron chi connectivity index (χ3n) is 4.47. The highest BCUT2D eigenvalue weighted by Crippen LogP contribution is 2.32. The van der Waals surface area contributed by atoms with Crippen LogP contribution in [0.1, 0.15) is 23.4 Å². The van der Waals surface area contributed by atoms with Gasteiger partial charge in [0.15, 0.2) is 0 Å². The minimum absolute atomic E-state index is 0.132. The van der Waals surface area contributed by atoms with Gasteiger partial charge in [0.2, 0.25) is 10.0 Å². The molecule has 0 saturated carbocycles. The number of rotatable bonds is 4. The maximum atomic E-state index is 12.3. The number of pyridine rings is 1. The fourth-order valence-electron chi connectivity index (χ4n) is 2.93. The summed E-state index contributed by atoms with van der Waals surface area (Å²) < 4.78 is 27.2. The molecule has 1 atom stereocenters. The molecule has 2 aromatic rings. The molecular weight excluding hydrogens is 346 g/mol. The van der Waals surface area contributed by atoms with Crippen molar-refractivity contribution in [1.29, 1.82) is 0 Å². The molecule has 1 aliphatic rings. The summed E-state index contributed by atoms with van der Waals surface area (Å²) in [4.78, 5) is 15.9. The van der Waals surface area contributed by atoms with Crippen molar-refractivity contribution < 1.29 is 8.42 Å². The van der Waals surface area contributed by atoms with Crippen LogP contribution in [0.3, 0.4) is 0 Å². The van der Waals surface area contributed by atoms with Crippen molar-refractivity contribution in [1.82, 2.24) is 13.8 Å². The molecule has 3 heterocycles. The zero-order valence-electron chi connectivity index (χ0n) is 14.0. The Hall–Kier alpha value is -1.48. The summed E-state index contributed by atoms with van der Waals surface area (Å²) in [6, 6.07) is 5.03. The van der Waals surface area contributed by atoms with Crippen molar-refractivity contribution >= 4 is 21.4 Å². The SMILES string of the molecule is C[C@H]1c2ccsc2CCN1Cn1cc(S(=O)(=O)N(C)C)ccc1=O. The van der Waals surface area contributed by atoms with Crippen LogP contribution in [0.25, 0.3) is 0 Å². The third-order valence-corrected chi connectivity index (χ3v) is 7.27. The Labute approximate surface area is 146 Å². The molecule has 0 unspecified atom stereocenters. The van der Waals surface area contributed by atoms with Gasteiger partial charge < -0.3 is 4.57 Å². The molecule has 0 bridgehead atoms. The Kier molecular flexibility index (Phi) is 4.65. The summed E-state index contributed by atoms with van der Waals surface area (Å²) in [7, 11) is -0.590. The zero-order chi connectivity index (χ0) is 17.5. The average molecular weight is 367 g/mol. The predicted octanol–water partition coefficient (Wildman–Crippen LogP) is 1.74. The van der Waals surface area contributed by atoms with Gasteiger partial charge >= 0.3 is 0 Å². The highest BCUT2D eigenvalue weighted by Gasteiger charge is 2.25. The molecule has 2 aromatic heterocycles. The molecule has 0 spiro atoms. The lowest BCUT2D eigenvalue weighted by atomic mass is 10.0. The lowest BCUT2D eigenvalue weighted by Crippen LogP contribution is -2.38. The first-order chi connectivity index (χ1) is 11.3. The van der Waals surface area contributed by atoms with Crippen LogP contribution in [0, 0.1) is 0 Å². The van der Waals surface area contributed by atoms with Gasteiger partial charge in [-0.05, 0) is 36.4 Å². The standard InChI is InChI=1S/C16H21N3O3S2/c1-12-14-7-9-23-15(14)6-8-18(12)11-19-10-13(4-5-16(19)20)24(21,22)17(2)3/h4-5,7,9-10,12H,6,8,11H2,1-3H3/t12-/m0/s1. The fraction of sp³-hybridized carbons (Fsp3) is 0.438. The van der Waals surface area contributed by atoms with E-state index in [1.807, 2.05) is 0 Å². The number of fused-ring (bicyclic) bond motifs is 1. The molecule has 0 saturated heterocycles. The zero-order valence-corrected chi connectivity index (χ0v) is 15.6. The summed E-state index contributed by atoms with van der Waals surface area (Å²) in [5, 5.41) is 2.10. The smallest absolute Gasteiger partial charge is 0.251 e. The van der Waals surface area contributed by atoms with E-state index < -0.39 is 10.0 Å². The number of hydrogen-bond acceptors (Lipinski definition) is 5. The predicted molar refractivity (Wildman–Crippen MR) is 94.7 cm³/mol. The number of aromatic nitrogens is 1. The number of hydrogen-bond donors (Lipinski definition) is 0. The monoisotopic (exact) mass is 367 g/mol. The number of nitrogens with zero attached hydrogens (tertiary/aromatic N) is 3. The molecule has 8 heteroatoms. The molecule has 6 nitrogen and oxygen atoms in total. The summed E-state index contributed by atoms with van der Waals surface area (Å²) in [6.07, 6.45) is 2.40. The molecule has 130 valence electrons. The van der Waals surface area contributed by atoms with Gasteiger partial charge in [0.25, 0.3) is 5.56 Å². The van der Waals surface area contributed by atoms with E-state index in [-0.39, 0.29) is 16.5 Å². The third kappa shape index (κ3) is 3.06. The van der Waals surface area contributed by atoms with E-state index in [0.717, 1.165) is 17.3 Å². The van der Waals surface area contributed by atoms with Gasteiger partial charge in [-0.3, -0.25) is 9.69 Å². The summed E-state index contributed by atoms with van der Waals surface area (Å²) in [5.74, 6) is 0. The van der Waals surface area contributed by atoms with Crippen molar-refractivity contribution in [3.8, 4) is 0 Å². The van der Waals surface area contributed by atoms with Crippen molar-refractivity contribution in [2.45, 2.75) is 31.0 Å². The van der Waals surface area contributed by atoms with Gasteiger partial charge in [0.05, 0.1) is 11.6 Å². The second-order valence-corrected chi connectivity index (χ2v) is 9.29. The van der Waals surface area contributed by atoms with Crippen LogP contribution >= 0.6 is 11.3 Å². The molecule has 0 radical (unpaired) electrons. The van der Waals surface area contributed by atoms with E-state index in [9.17, 15) is 13.2 Å². The topological polar surface area (TPSA) is 62.6 Å². The molecular formula is C16H21N3O3S2. The highest BCUT2D eigenvalue weighted by atomic mass is 32.2. The Morgan fingerprint density at radius 1 is 1.29 bits per heavy atom. The van der Waals surface area contributed by atoms with Crippen molar-refractivity contribution in [3.63, 3.8) is 0 Å². The van der Waals surface area contributed by atoms with Crippen molar-refractivity contribution in [3.05, 3.63) is 50.6 Å². The molecule has 0 fully saturated rings. The highest BCUT2D eigenvalue weighted by molar-refractivity contribution is 7.89. The Bertz CT molecular complexity index is 899. The molecule has 0 amide bonds. The van der Waals surface area contributed by atoms with Crippen LogP contribution in [-0.4, -0.2) is 42.8 Å². The van der Waals surface area contributed by atoms with Gasteiger partial charge in [-0.15, -0.1) is 11.3 Å². The van der Waals surface area contributed by atoms with Crippen LogP contribution < -0.4 is 5.56 Å². The molecule has 24 heavy (non-hydrogen) atoms. The Balaban J connectivity index is 1.90. The molecule has 0 N–H and O–H groups in total. The van der Waals surface area contributed by atoms with E-state index in [2.05, 4.69) is 23.3 Å². The first kappa shape index (κ1) is 17.3. The van der Waals surface area contributed by atoms with E-state index in [1.165, 1.54) is 47.4 Å². The van der Waals surface area contributed by atoms with Gasteiger partial charge in [-0.1, -0.05) is 0 Å². The van der Waals surface area contributed by atoms with Crippen LogP contribution in [0.2, 0.25) is 0 Å². The minimum Gasteiger partial charge on any atom is -0.301 e. The first-order valence-electron chi connectivity index (χ1n) is 7.74. The lowest BCUT2D eigenvalue weighted by molar-refractivity contribution is 0.151. The maximum Gasteiger partial charge on any atom is 0.251 e. The average Bonchev–Trinajstić information content (AvgIpc) is 3.01. The first-order valence-corrected chi connectivity index (χ1v) is 10.1. The van der Waals surface area contributed by atoms with E-state index in [4.69, 9.17) is 0 Å². The quantitative estimate of drug-likeness (QED) is 0.826. The molecule has 3 rings (SSSR count). The van der Waals surface area contributed by atoms with Gasteiger partial charge in [-0.25, -0.2) is 12.7 Å².